The van der Waals surface area contributed by atoms with Gasteiger partial charge in [-0.15, -0.1) is 10.2 Å². The van der Waals surface area contributed by atoms with Crippen LogP contribution in [0.25, 0.3) is 0 Å². The van der Waals surface area contributed by atoms with Gasteiger partial charge in [0.2, 0.25) is 5.91 Å². The van der Waals surface area contributed by atoms with Gasteiger partial charge in [-0.2, -0.15) is 0 Å². The molecule has 1 aromatic heterocycles. The molecule has 24 heavy (non-hydrogen) atoms. The van der Waals surface area contributed by atoms with Crippen LogP contribution >= 0.6 is 0 Å². The molecule has 2 aromatic rings. The van der Waals surface area contributed by atoms with E-state index in [0.29, 0.717) is 18.9 Å². The van der Waals surface area contributed by atoms with Crippen LogP contribution in [-0.4, -0.2) is 32.1 Å². The number of benzene rings is 1. The Morgan fingerprint density at radius 1 is 1.17 bits per heavy atom. The highest BCUT2D eigenvalue weighted by Gasteiger charge is 2.25. The maximum absolute atomic E-state index is 12.7. The number of hydrogen-bond donors (Lipinski definition) is 0. The summed E-state index contributed by atoms with van der Waals surface area (Å²) in [5.41, 5.74) is 4.02. The van der Waals surface area contributed by atoms with Gasteiger partial charge in [-0.25, -0.2) is 0 Å². The Morgan fingerprint density at radius 2 is 2.00 bits per heavy atom. The lowest BCUT2D eigenvalue weighted by atomic mass is 10.0. The minimum absolute atomic E-state index is 0.188. The van der Waals surface area contributed by atoms with Crippen molar-refractivity contribution in [1.82, 2.24) is 19.7 Å². The molecule has 126 valence electrons. The van der Waals surface area contributed by atoms with Gasteiger partial charge in [0, 0.05) is 19.0 Å². The Kier molecular flexibility index (Phi) is 3.87. The number of amides is 1. The third kappa shape index (κ3) is 2.72. The first-order chi connectivity index (χ1) is 11.6. The van der Waals surface area contributed by atoms with Gasteiger partial charge in [-0.1, -0.05) is 32.0 Å². The molecule has 0 bridgehead atoms. The third-order valence-electron chi connectivity index (χ3n) is 5.17. The molecule has 0 atom stereocenters. The summed E-state index contributed by atoms with van der Waals surface area (Å²) < 4.78 is 2.17. The highest BCUT2D eigenvalue weighted by molar-refractivity contribution is 5.79. The van der Waals surface area contributed by atoms with Crippen molar-refractivity contribution in [1.29, 1.82) is 0 Å². The van der Waals surface area contributed by atoms with Crippen molar-refractivity contribution in [3.8, 4) is 0 Å². The molecule has 0 saturated heterocycles. The minimum Gasteiger partial charge on any atom is -0.333 e. The van der Waals surface area contributed by atoms with Crippen LogP contribution in [0.1, 0.15) is 54.5 Å². The third-order valence-corrected chi connectivity index (χ3v) is 5.17. The van der Waals surface area contributed by atoms with Crippen LogP contribution in [0, 0.1) is 0 Å². The van der Waals surface area contributed by atoms with E-state index in [0.717, 1.165) is 36.7 Å². The van der Waals surface area contributed by atoms with E-state index in [1.807, 2.05) is 4.90 Å². The lowest BCUT2D eigenvalue weighted by Gasteiger charge is -2.28. The van der Waals surface area contributed by atoms with E-state index in [2.05, 4.69) is 46.8 Å². The van der Waals surface area contributed by atoms with Gasteiger partial charge in [-0.3, -0.25) is 4.79 Å². The van der Waals surface area contributed by atoms with Crippen molar-refractivity contribution in [3.05, 3.63) is 46.5 Å². The van der Waals surface area contributed by atoms with Gasteiger partial charge in [0.15, 0.2) is 5.82 Å². The predicted octanol–water partition coefficient (Wildman–Crippen LogP) is 2.48. The van der Waals surface area contributed by atoms with E-state index in [1.165, 1.54) is 24.0 Å². The molecular formula is C19H24N4O. The molecule has 4 rings (SSSR count). The van der Waals surface area contributed by atoms with Gasteiger partial charge < -0.3 is 9.47 Å². The van der Waals surface area contributed by atoms with Crippen molar-refractivity contribution in [2.45, 2.75) is 58.5 Å². The van der Waals surface area contributed by atoms with Crippen LogP contribution < -0.4 is 0 Å². The number of aryl methyl sites for hydroxylation is 2. The van der Waals surface area contributed by atoms with Crippen LogP contribution in [-0.2, 0) is 37.1 Å². The van der Waals surface area contributed by atoms with E-state index < -0.39 is 0 Å². The lowest BCUT2D eigenvalue weighted by molar-refractivity contribution is -0.132. The largest absolute Gasteiger partial charge is 0.333 e. The topological polar surface area (TPSA) is 51.0 Å². The molecule has 0 unspecified atom stereocenters. The van der Waals surface area contributed by atoms with Crippen LogP contribution in [0.2, 0.25) is 0 Å². The SMILES string of the molecule is CC(C)c1nnc2n1CCN(C(=O)Cc1ccc3c(c1)CCC3)C2. The molecule has 0 saturated carbocycles. The molecule has 2 aliphatic rings. The van der Waals surface area contributed by atoms with Crippen LogP contribution in [0.5, 0.6) is 0 Å². The Hall–Kier alpha value is -2.17. The van der Waals surface area contributed by atoms with Crippen LogP contribution in [0.15, 0.2) is 18.2 Å². The Labute approximate surface area is 142 Å². The first-order valence-electron chi connectivity index (χ1n) is 8.92. The zero-order valence-electron chi connectivity index (χ0n) is 14.5. The van der Waals surface area contributed by atoms with Crippen LogP contribution in [0.4, 0.5) is 0 Å². The summed E-state index contributed by atoms with van der Waals surface area (Å²) in [5, 5.41) is 8.57. The van der Waals surface area contributed by atoms with Crippen molar-refractivity contribution >= 4 is 5.91 Å². The van der Waals surface area contributed by atoms with Crippen molar-refractivity contribution in [3.63, 3.8) is 0 Å². The van der Waals surface area contributed by atoms with E-state index in [9.17, 15) is 4.79 Å². The average Bonchev–Trinajstić information content (AvgIpc) is 3.20. The fraction of sp³-hybridized carbons (Fsp3) is 0.526. The maximum atomic E-state index is 12.7. The molecule has 5 nitrogen and oxygen atoms in total. The maximum Gasteiger partial charge on any atom is 0.227 e. The van der Waals surface area contributed by atoms with E-state index in [1.54, 1.807) is 0 Å². The molecule has 2 heterocycles. The highest BCUT2D eigenvalue weighted by Crippen LogP contribution is 2.24. The monoisotopic (exact) mass is 324 g/mol. The second-order valence-electron chi connectivity index (χ2n) is 7.23. The predicted molar refractivity (Wildman–Crippen MR) is 91.7 cm³/mol. The first-order valence-corrected chi connectivity index (χ1v) is 8.92. The smallest absolute Gasteiger partial charge is 0.227 e. The fourth-order valence-corrected chi connectivity index (χ4v) is 3.84. The first kappa shape index (κ1) is 15.4. The number of fused-ring (bicyclic) bond motifs is 2. The van der Waals surface area contributed by atoms with Gasteiger partial charge in [0.05, 0.1) is 13.0 Å². The van der Waals surface area contributed by atoms with Gasteiger partial charge in [0.1, 0.15) is 5.82 Å². The Morgan fingerprint density at radius 3 is 2.83 bits per heavy atom. The van der Waals surface area contributed by atoms with Gasteiger partial charge in [-0.05, 0) is 36.0 Å². The number of nitrogens with zero attached hydrogens (tertiary/aromatic N) is 4. The molecular weight excluding hydrogens is 300 g/mol. The summed E-state index contributed by atoms with van der Waals surface area (Å²) in [4.78, 5) is 14.6. The fourth-order valence-electron chi connectivity index (χ4n) is 3.84. The molecule has 5 heteroatoms. The second-order valence-corrected chi connectivity index (χ2v) is 7.23. The summed E-state index contributed by atoms with van der Waals surface area (Å²) in [6.07, 6.45) is 4.07. The minimum atomic E-state index is 0.188. The number of hydrogen-bond acceptors (Lipinski definition) is 3. The van der Waals surface area contributed by atoms with Crippen molar-refractivity contribution in [2.24, 2.45) is 0 Å². The quantitative estimate of drug-likeness (QED) is 0.871. The molecule has 0 N–H and O–H groups in total. The molecule has 0 fully saturated rings. The molecule has 1 amide bonds. The Balaban J connectivity index is 1.46. The lowest BCUT2D eigenvalue weighted by Crippen LogP contribution is -2.39. The molecule has 1 aromatic carbocycles. The van der Waals surface area contributed by atoms with Crippen molar-refractivity contribution < 1.29 is 4.79 Å². The summed E-state index contributed by atoms with van der Waals surface area (Å²) >= 11 is 0. The Bertz CT molecular complexity index is 778. The standard InChI is InChI=1S/C19H24N4O/c1-13(2)19-21-20-17-12-22(8-9-23(17)19)18(24)11-14-6-7-15-4-3-5-16(15)10-14/h6-7,10,13H,3-5,8-9,11-12H2,1-2H3. The van der Waals surface area contributed by atoms with E-state index in [4.69, 9.17) is 0 Å². The second kappa shape index (κ2) is 6.04. The van der Waals surface area contributed by atoms with Crippen LogP contribution in [0.3, 0.4) is 0 Å². The molecule has 0 spiro atoms. The van der Waals surface area contributed by atoms with E-state index in [-0.39, 0.29) is 5.91 Å². The van der Waals surface area contributed by atoms with Gasteiger partial charge in [0.25, 0.3) is 0 Å². The number of carbonyl (C=O) groups excluding carboxylic acids is 1. The average molecular weight is 324 g/mol. The summed E-state index contributed by atoms with van der Waals surface area (Å²) in [5.74, 6) is 2.48. The molecule has 0 radical (unpaired) electrons. The summed E-state index contributed by atoms with van der Waals surface area (Å²) in [6.45, 7) is 6.37. The zero-order valence-corrected chi connectivity index (χ0v) is 14.5. The normalized spacial score (nSPS) is 16.4. The highest BCUT2D eigenvalue weighted by atomic mass is 16.2. The number of carbonyl (C=O) groups is 1. The molecule has 1 aliphatic carbocycles. The van der Waals surface area contributed by atoms with Gasteiger partial charge >= 0.3 is 0 Å². The van der Waals surface area contributed by atoms with Crippen molar-refractivity contribution in [2.75, 3.05) is 6.54 Å². The number of aromatic nitrogens is 3. The zero-order chi connectivity index (χ0) is 16.7. The summed E-state index contributed by atoms with van der Waals surface area (Å²) in [6, 6.07) is 6.54. The van der Waals surface area contributed by atoms with E-state index >= 15 is 0 Å². The summed E-state index contributed by atoms with van der Waals surface area (Å²) in [7, 11) is 0. The molecule has 1 aliphatic heterocycles. The number of rotatable bonds is 3.